The molecular weight excluding hydrogens is 256 g/mol. The predicted octanol–water partition coefficient (Wildman–Crippen LogP) is 5.27. The number of aryl methyl sites for hydroxylation is 1. The molecular formula is C20H28O. The van der Waals surface area contributed by atoms with Gasteiger partial charge < -0.3 is 5.11 Å². The summed E-state index contributed by atoms with van der Waals surface area (Å²) in [6, 6.07) is 6.14. The van der Waals surface area contributed by atoms with E-state index in [0.29, 0.717) is 11.2 Å². The van der Waals surface area contributed by atoms with Crippen molar-refractivity contribution in [2.75, 3.05) is 0 Å². The van der Waals surface area contributed by atoms with Gasteiger partial charge in [-0.3, -0.25) is 0 Å². The number of aromatic hydroxyl groups is 1. The fraction of sp³-hybridized carbons (Fsp3) is 0.700. The third-order valence-electron chi connectivity index (χ3n) is 7.40. The van der Waals surface area contributed by atoms with Crippen LogP contribution < -0.4 is 0 Å². The van der Waals surface area contributed by atoms with Gasteiger partial charge in [0.1, 0.15) is 5.75 Å². The zero-order chi connectivity index (χ0) is 14.6. The van der Waals surface area contributed by atoms with Crippen molar-refractivity contribution in [3.63, 3.8) is 0 Å². The maximum Gasteiger partial charge on any atom is 0.115 e. The Balaban J connectivity index is 1.66. The Bertz CT molecular complexity index is 549. The molecule has 5 atom stereocenters. The molecule has 0 aliphatic heterocycles. The third kappa shape index (κ3) is 1.96. The Morgan fingerprint density at radius 1 is 1.14 bits per heavy atom. The monoisotopic (exact) mass is 284 g/mol. The van der Waals surface area contributed by atoms with Gasteiger partial charge in [0.2, 0.25) is 0 Å². The van der Waals surface area contributed by atoms with Gasteiger partial charge in [-0.15, -0.1) is 0 Å². The number of fused-ring (bicyclic) bond motifs is 5. The molecule has 1 heteroatoms. The van der Waals surface area contributed by atoms with E-state index in [1.54, 1.807) is 5.56 Å². The molecule has 1 N–H and O–H groups in total. The first-order valence-corrected chi connectivity index (χ1v) is 8.94. The van der Waals surface area contributed by atoms with Crippen LogP contribution in [0.3, 0.4) is 0 Å². The Kier molecular flexibility index (Phi) is 3.10. The lowest BCUT2D eigenvalue weighted by atomic mass is 9.58. The fourth-order valence-electron chi connectivity index (χ4n) is 6.08. The summed E-state index contributed by atoms with van der Waals surface area (Å²) >= 11 is 0. The molecule has 0 heterocycles. The van der Waals surface area contributed by atoms with Crippen LogP contribution in [0.4, 0.5) is 0 Å². The summed E-state index contributed by atoms with van der Waals surface area (Å²) in [6.07, 6.45) is 9.60. The molecule has 114 valence electrons. The fourth-order valence-corrected chi connectivity index (χ4v) is 6.08. The first-order chi connectivity index (χ1) is 10.1. The molecule has 0 aromatic heterocycles. The van der Waals surface area contributed by atoms with E-state index in [-0.39, 0.29) is 0 Å². The molecule has 2 saturated carbocycles. The van der Waals surface area contributed by atoms with Crippen LogP contribution in [0, 0.1) is 23.2 Å². The second-order valence-electron chi connectivity index (χ2n) is 8.09. The van der Waals surface area contributed by atoms with Crippen molar-refractivity contribution in [2.45, 2.75) is 64.7 Å². The van der Waals surface area contributed by atoms with Crippen LogP contribution in [0.15, 0.2) is 18.2 Å². The highest BCUT2D eigenvalue weighted by atomic mass is 16.3. The van der Waals surface area contributed by atoms with Crippen molar-refractivity contribution in [3.8, 4) is 5.75 Å². The van der Waals surface area contributed by atoms with E-state index < -0.39 is 0 Å². The standard InChI is InChI=1S/C20H28O/c1-3-20(2)11-10-18-17-6-4-13-12-14(21)5-7-15(13)16(17)8-9-19(18)20/h5,7,12,16-19,21H,3-4,6,8-11H2,1-2H3/t16-,17-,18+,19+,20?/m1/s1. The van der Waals surface area contributed by atoms with Crippen molar-refractivity contribution >= 4 is 0 Å². The number of phenols is 1. The van der Waals surface area contributed by atoms with Gasteiger partial charge in [0.05, 0.1) is 0 Å². The molecule has 0 bridgehead atoms. The van der Waals surface area contributed by atoms with Crippen LogP contribution in [-0.2, 0) is 6.42 Å². The van der Waals surface area contributed by atoms with E-state index in [4.69, 9.17) is 0 Å². The van der Waals surface area contributed by atoms with Crippen LogP contribution in [0.25, 0.3) is 0 Å². The van der Waals surface area contributed by atoms with Gasteiger partial charge in [0.15, 0.2) is 0 Å². The lowest BCUT2D eigenvalue weighted by Crippen LogP contribution is -2.38. The summed E-state index contributed by atoms with van der Waals surface area (Å²) in [4.78, 5) is 0. The molecule has 0 spiro atoms. The van der Waals surface area contributed by atoms with Crippen molar-refractivity contribution in [3.05, 3.63) is 29.3 Å². The second kappa shape index (κ2) is 4.76. The molecule has 21 heavy (non-hydrogen) atoms. The first kappa shape index (κ1) is 13.7. The number of benzene rings is 1. The van der Waals surface area contributed by atoms with Crippen molar-refractivity contribution in [1.29, 1.82) is 0 Å². The molecule has 1 unspecified atom stereocenters. The topological polar surface area (TPSA) is 20.2 Å². The zero-order valence-corrected chi connectivity index (χ0v) is 13.4. The largest absolute Gasteiger partial charge is 0.508 e. The Morgan fingerprint density at radius 3 is 2.81 bits per heavy atom. The van der Waals surface area contributed by atoms with E-state index in [1.807, 2.05) is 12.1 Å². The Labute approximate surface area is 128 Å². The minimum Gasteiger partial charge on any atom is -0.508 e. The molecule has 2 fully saturated rings. The van der Waals surface area contributed by atoms with Crippen molar-refractivity contribution < 1.29 is 5.11 Å². The number of hydrogen-bond acceptors (Lipinski definition) is 1. The van der Waals surface area contributed by atoms with Crippen LogP contribution in [-0.4, -0.2) is 5.11 Å². The van der Waals surface area contributed by atoms with Gasteiger partial charge in [0.25, 0.3) is 0 Å². The van der Waals surface area contributed by atoms with Crippen LogP contribution >= 0.6 is 0 Å². The van der Waals surface area contributed by atoms with E-state index >= 15 is 0 Å². The van der Waals surface area contributed by atoms with Crippen molar-refractivity contribution in [1.82, 2.24) is 0 Å². The number of rotatable bonds is 1. The van der Waals surface area contributed by atoms with Gasteiger partial charge in [-0.25, -0.2) is 0 Å². The molecule has 0 saturated heterocycles. The third-order valence-corrected chi connectivity index (χ3v) is 7.40. The van der Waals surface area contributed by atoms with Gasteiger partial charge in [0, 0.05) is 0 Å². The summed E-state index contributed by atoms with van der Waals surface area (Å²) < 4.78 is 0. The molecule has 1 aromatic carbocycles. The van der Waals surface area contributed by atoms with E-state index in [2.05, 4.69) is 19.9 Å². The summed E-state index contributed by atoms with van der Waals surface area (Å²) in [6.45, 7) is 4.94. The van der Waals surface area contributed by atoms with E-state index in [9.17, 15) is 5.11 Å². The summed E-state index contributed by atoms with van der Waals surface area (Å²) in [5, 5.41) is 9.74. The number of hydrogen-bond donors (Lipinski definition) is 1. The summed E-state index contributed by atoms with van der Waals surface area (Å²) in [5.74, 6) is 4.07. The molecule has 3 aliphatic carbocycles. The minimum atomic E-state index is 0.445. The van der Waals surface area contributed by atoms with Crippen molar-refractivity contribution in [2.24, 2.45) is 23.2 Å². The molecule has 1 nitrogen and oxygen atoms in total. The van der Waals surface area contributed by atoms with E-state index in [0.717, 1.165) is 23.7 Å². The highest BCUT2D eigenvalue weighted by Gasteiger charge is 2.51. The maximum atomic E-state index is 9.74. The lowest BCUT2D eigenvalue weighted by Gasteiger charge is -2.47. The van der Waals surface area contributed by atoms with E-state index in [1.165, 1.54) is 50.5 Å². The van der Waals surface area contributed by atoms with Crippen LogP contribution in [0.1, 0.15) is 69.4 Å². The Morgan fingerprint density at radius 2 is 2.00 bits per heavy atom. The highest BCUT2D eigenvalue weighted by molar-refractivity contribution is 5.40. The minimum absolute atomic E-state index is 0.445. The average Bonchev–Trinajstić information content (AvgIpc) is 2.85. The molecule has 3 aliphatic rings. The predicted molar refractivity (Wildman–Crippen MR) is 86.5 cm³/mol. The van der Waals surface area contributed by atoms with Gasteiger partial charge in [-0.2, -0.15) is 0 Å². The van der Waals surface area contributed by atoms with Crippen LogP contribution in [0.5, 0.6) is 5.75 Å². The summed E-state index contributed by atoms with van der Waals surface area (Å²) in [7, 11) is 0. The molecule has 4 rings (SSSR count). The lowest BCUT2D eigenvalue weighted by molar-refractivity contribution is 0.0740. The van der Waals surface area contributed by atoms with Crippen LogP contribution in [0.2, 0.25) is 0 Å². The molecule has 0 radical (unpaired) electrons. The van der Waals surface area contributed by atoms with Gasteiger partial charge in [-0.05, 0) is 90.9 Å². The normalized spacial score (nSPS) is 41.2. The SMILES string of the molecule is CCC1(C)CC[C@H]2[C@@H]3CCc4cc(O)ccc4[C@H]3CC[C@@H]21. The highest BCUT2D eigenvalue weighted by Crippen LogP contribution is 2.61. The smallest absolute Gasteiger partial charge is 0.115 e. The number of phenolic OH excluding ortho intramolecular Hbond substituents is 1. The second-order valence-corrected chi connectivity index (χ2v) is 8.09. The Hall–Kier alpha value is -0.980. The van der Waals surface area contributed by atoms with Gasteiger partial charge in [-0.1, -0.05) is 26.3 Å². The maximum absolute atomic E-state index is 9.74. The first-order valence-electron chi connectivity index (χ1n) is 8.94. The quantitative estimate of drug-likeness (QED) is 0.744. The summed E-state index contributed by atoms with van der Waals surface area (Å²) in [5.41, 5.74) is 3.60. The molecule has 0 amide bonds. The average molecular weight is 284 g/mol. The zero-order valence-electron chi connectivity index (χ0n) is 13.4. The molecule has 1 aromatic rings. The van der Waals surface area contributed by atoms with Gasteiger partial charge >= 0.3 is 0 Å².